The number of hydrogen-bond donors (Lipinski definition) is 0. The summed E-state index contributed by atoms with van der Waals surface area (Å²) in [6.07, 6.45) is -1.79. The molecule has 0 bridgehead atoms. The maximum atomic E-state index is 13.5. The minimum absolute atomic E-state index is 0.0600. The van der Waals surface area contributed by atoms with Crippen LogP contribution in [0.2, 0.25) is 0 Å². The van der Waals surface area contributed by atoms with Gasteiger partial charge in [0.05, 0.1) is 24.5 Å². The molecule has 1 saturated carbocycles. The van der Waals surface area contributed by atoms with Crippen LogP contribution in [0.25, 0.3) is 0 Å². The lowest BCUT2D eigenvalue weighted by Crippen LogP contribution is -2.34. The van der Waals surface area contributed by atoms with Crippen LogP contribution >= 0.6 is 7.60 Å². The molecule has 11 heteroatoms. The largest absolute Gasteiger partial charge is 0.459 e. The Bertz CT molecular complexity index is 1060. The van der Waals surface area contributed by atoms with Gasteiger partial charge in [-0.3, -0.25) is 9.36 Å². The van der Waals surface area contributed by atoms with E-state index < -0.39 is 42.0 Å². The third-order valence-corrected chi connectivity index (χ3v) is 8.00. The number of alkyl halides is 3. The normalized spacial score (nSPS) is 16.7. The van der Waals surface area contributed by atoms with Gasteiger partial charge in [-0.25, -0.2) is 4.98 Å². The molecule has 1 heterocycles. The van der Waals surface area contributed by atoms with E-state index >= 15 is 0 Å². The van der Waals surface area contributed by atoms with Gasteiger partial charge in [0.25, 0.3) is 0 Å². The monoisotopic (exact) mass is 517 g/mol. The second-order valence-electron chi connectivity index (χ2n) is 9.41. The van der Waals surface area contributed by atoms with E-state index in [9.17, 15) is 22.5 Å². The van der Waals surface area contributed by atoms with Gasteiger partial charge in [-0.2, -0.15) is 13.2 Å². The fraction of sp³-hybridized carbons (Fsp3) is 0.583. The van der Waals surface area contributed by atoms with Crippen LogP contribution in [0.5, 0.6) is 0 Å². The first kappa shape index (κ1) is 27.4. The van der Waals surface area contributed by atoms with Crippen molar-refractivity contribution in [2.24, 2.45) is 0 Å². The van der Waals surface area contributed by atoms with Crippen LogP contribution in [0.1, 0.15) is 70.2 Å². The smallest absolute Gasteiger partial charge is 0.416 e. The molecule has 0 N–H and O–H groups in total. The number of halogens is 3. The number of carbonyl (C=O) groups is 1. The van der Waals surface area contributed by atoms with E-state index in [1.54, 1.807) is 34.6 Å². The second-order valence-corrected chi connectivity index (χ2v) is 11.6. The van der Waals surface area contributed by atoms with Crippen LogP contribution < -0.4 is 0 Å². The van der Waals surface area contributed by atoms with E-state index in [2.05, 4.69) is 4.98 Å². The Morgan fingerprint density at radius 3 is 2.14 bits per heavy atom. The summed E-state index contributed by atoms with van der Waals surface area (Å²) in [6.45, 7) is 8.48. The number of nitrogens with zero attached hydrogens (tertiary/aromatic N) is 1. The van der Waals surface area contributed by atoms with E-state index in [1.807, 2.05) is 0 Å². The van der Waals surface area contributed by atoms with Crippen molar-refractivity contribution in [3.05, 3.63) is 53.2 Å². The highest BCUT2D eigenvalue weighted by molar-refractivity contribution is 7.55. The quantitative estimate of drug-likeness (QED) is 0.270. The molecule has 194 valence electrons. The molecule has 2 aromatic rings. The SMILES string of the molecule is CCOP(=O)(OCC)C(Cc1nc(C2(c3ccc(C(F)(F)F)cc3)CC2)co1)C(=O)OC(C)(C)C. The van der Waals surface area contributed by atoms with Gasteiger partial charge < -0.3 is 18.2 Å². The topological polar surface area (TPSA) is 87.9 Å². The van der Waals surface area contributed by atoms with Crippen molar-refractivity contribution in [3.8, 4) is 0 Å². The Morgan fingerprint density at radius 2 is 1.69 bits per heavy atom. The van der Waals surface area contributed by atoms with Gasteiger partial charge in [-0.1, -0.05) is 12.1 Å². The second kappa shape index (κ2) is 10.1. The summed E-state index contributed by atoms with van der Waals surface area (Å²) in [4.78, 5) is 17.5. The maximum absolute atomic E-state index is 13.5. The fourth-order valence-electron chi connectivity index (χ4n) is 3.86. The van der Waals surface area contributed by atoms with Crippen LogP contribution in [0.15, 0.2) is 34.9 Å². The van der Waals surface area contributed by atoms with Gasteiger partial charge >= 0.3 is 19.7 Å². The highest BCUT2D eigenvalue weighted by Crippen LogP contribution is 2.56. The first-order chi connectivity index (χ1) is 16.2. The number of carbonyl (C=O) groups excluding carboxylic acids is 1. The van der Waals surface area contributed by atoms with Gasteiger partial charge in [-0.05, 0) is 65.2 Å². The molecule has 0 aliphatic heterocycles. The van der Waals surface area contributed by atoms with Crippen LogP contribution in [0.4, 0.5) is 13.2 Å². The van der Waals surface area contributed by atoms with E-state index in [0.717, 1.165) is 12.1 Å². The maximum Gasteiger partial charge on any atom is 0.416 e. The Morgan fingerprint density at radius 1 is 1.11 bits per heavy atom. The molecule has 1 unspecified atom stereocenters. The average Bonchev–Trinajstić information content (AvgIpc) is 3.42. The van der Waals surface area contributed by atoms with Crippen molar-refractivity contribution >= 4 is 13.6 Å². The molecule has 7 nitrogen and oxygen atoms in total. The standard InChI is InChI=1S/C24H31F3NO6P/c1-6-32-35(30,33-7-2)18(21(29)34-22(3,4)5)14-20-28-19(15-31-20)23(12-13-23)16-8-10-17(11-9-16)24(25,26)27/h8-11,15,18H,6-7,12-14H2,1-5H3. The molecule has 1 fully saturated rings. The number of benzene rings is 1. The molecule has 0 spiro atoms. The van der Waals surface area contributed by atoms with Crippen LogP contribution in [-0.4, -0.2) is 35.4 Å². The van der Waals surface area contributed by atoms with E-state index in [0.29, 0.717) is 24.1 Å². The van der Waals surface area contributed by atoms with Crippen LogP contribution in [0.3, 0.4) is 0 Å². The molecule has 3 rings (SSSR count). The molecule has 35 heavy (non-hydrogen) atoms. The minimum Gasteiger partial charge on any atom is -0.459 e. The Balaban J connectivity index is 1.88. The summed E-state index contributed by atoms with van der Waals surface area (Å²) in [7, 11) is -3.91. The highest BCUT2D eigenvalue weighted by Gasteiger charge is 2.49. The van der Waals surface area contributed by atoms with Gasteiger partial charge in [0.1, 0.15) is 11.9 Å². The molecule has 1 aromatic carbocycles. The zero-order valence-electron chi connectivity index (χ0n) is 20.5. The molecule has 1 aromatic heterocycles. The Kier molecular flexibility index (Phi) is 7.89. The summed E-state index contributed by atoms with van der Waals surface area (Å²) in [6, 6.07) is 5.00. The minimum atomic E-state index is -4.41. The molecular weight excluding hydrogens is 486 g/mol. The molecule has 1 atom stereocenters. The van der Waals surface area contributed by atoms with Crippen molar-refractivity contribution in [2.75, 3.05) is 13.2 Å². The van der Waals surface area contributed by atoms with Crippen molar-refractivity contribution in [1.29, 1.82) is 0 Å². The lowest BCUT2D eigenvalue weighted by molar-refractivity contribution is -0.154. The first-order valence-electron chi connectivity index (χ1n) is 11.5. The number of oxazole rings is 1. The van der Waals surface area contributed by atoms with Crippen molar-refractivity contribution < 1.29 is 40.7 Å². The van der Waals surface area contributed by atoms with Crippen LogP contribution in [0, 0.1) is 0 Å². The molecule has 1 aliphatic carbocycles. The Labute approximate surface area is 202 Å². The number of esters is 1. The van der Waals surface area contributed by atoms with Crippen LogP contribution in [-0.2, 0) is 41.2 Å². The molecule has 0 amide bonds. The zero-order chi connectivity index (χ0) is 26.1. The third kappa shape index (κ3) is 6.35. The Hall–Kier alpha value is -2.16. The number of hydrogen-bond acceptors (Lipinski definition) is 7. The zero-order valence-corrected chi connectivity index (χ0v) is 21.4. The molecule has 1 aliphatic rings. The average molecular weight is 517 g/mol. The predicted octanol–water partition coefficient (Wildman–Crippen LogP) is 6.29. The lowest BCUT2D eigenvalue weighted by Gasteiger charge is -2.27. The predicted molar refractivity (Wildman–Crippen MR) is 122 cm³/mol. The lowest BCUT2D eigenvalue weighted by atomic mass is 9.92. The number of ether oxygens (including phenoxy) is 1. The summed E-state index contributed by atoms with van der Waals surface area (Å²) in [5.74, 6) is -0.625. The molecule has 0 saturated heterocycles. The molecule has 0 radical (unpaired) electrons. The van der Waals surface area contributed by atoms with Crippen molar-refractivity contribution in [1.82, 2.24) is 4.98 Å². The fourth-order valence-corrected chi connectivity index (χ4v) is 5.70. The highest BCUT2D eigenvalue weighted by atomic mass is 31.2. The summed E-state index contributed by atoms with van der Waals surface area (Å²) in [5.41, 5.74) is -2.17. The van der Waals surface area contributed by atoms with Crippen molar-refractivity contribution in [3.63, 3.8) is 0 Å². The summed E-state index contributed by atoms with van der Waals surface area (Å²) < 4.78 is 74.2. The van der Waals surface area contributed by atoms with Gasteiger partial charge in [0.2, 0.25) is 0 Å². The van der Waals surface area contributed by atoms with E-state index in [1.165, 1.54) is 18.4 Å². The van der Waals surface area contributed by atoms with Crippen molar-refractivity contribution in [2.45, 2.75) is 76.7 Å². The van der Waals surface area contributed by atoms with Gasteiger partial charge in [-0.15, -0.1) is 0 Å². The first-order valence-corrected chi connectivity index (χ1v) is 13.1. The number of rotatable bonds is 10. The number of aromatic nitrogens is 1. The van der Waals surface area contributed by atoms with E-state index in [-0.39, 0.29) is 25.5 Å². The third-order valence-electron chi connectivity index (χ3n) is 5.60. The van der Waals surface area contributed by atoms with E-state index in [4.69, 9.17) is 18.2 Å². The van der Waals surface area contributed by atoms with Gasteiger partial charge in [0, 0.05) is 11.8 Å². The summed E-state index contributed by atoms with van der Waals surface area (Å²) >= 11 is 0. The van der Waals surface area contributed by atoms with Gasteiger partial charge in [0.15, 0.2) is 11.5 Å². The molecular formula is C24H31F3NO6P. The summed E-state index contributed by atoms with van der Waals surface area (Å²) in [5, 5.41) is 0.